The number of benzene rings is 1. The molecule has 0 aliphatic heterocycles. The molecule has 1 heterocycles. The molecule has 0 unspecified atom stereocenters. The van der Waals surface area contributed by atoms with Crippen LogP contribution in [0.4, 0.5) is 9.18 Å². The number of alkyl carbamates (subject to hydrolysis) is 1. The summed E-state index contributed by atoms with van der Waals surface area (Å²) in [5.41, 5.74) is 0.749. The topological polar surface area (TPSA) is 78.2 Å². The Morgan fingerprint density at radius 3 is 2.70 bits per heavy atom. The van der Waals surface area contributed by atoms with Crippen molar-refractivity contribution in [2.45, 2.75) is 39.8 Å². The number of aryl methyl sites for hydroxylation is 1. The Morgan fingerprint density at radius 1 is 1.41 bits per heavy atom. The van der Waals surface area contributed by atoms with Crippen LogP contribution >= 0.6 is 15.9 Å². The molecule has 0 fully saturated rings. The van der Waals surface area contributed by atoms with Gasteiger partial charge in [-0.15, -0.1) is 0 Å². The van der Waals surface area contributed by atoms with Gasteiger partial charge in [0.05, 0.1) is 18.6 Å². The second kappa shape index (κ2) is 8.51. The summed E-state index contributed by atoms with van der Waals surface area (Å²) in [6.45, 7) is 6.92. The third-order valence-electron chi connectivity index (χ3n) is 3.52. The van der Waals surface area contributed by atoms with Gasteiger partial charge in [-0.05, 0) is 57.0 Å². The summed E-state index contributed by atoms with van der Waals surface area (Å²) in [5.74, 6) is 0. The van der Waals surface area contributed by atoms with E-state index in [0.29, 0.717) is 12.0 Å². The summed E-state index contributed by atoms with van der Waals surface area (Å²) in [4.78, 5) is 24.2. The Hall–Kier alpha value is -2.42. The molecule has 27 heavy (non-hydrogen) atoms. The van der Waals surface area contributed by atoms with Gasteiger partial charge >= 0.3 is 11.8 Å². The standard InChI is InChI=1S/C18H22BrFN4O3/c1-12-7-14(5-6-15(12)19)23-11-22-24(17(23)26)10-13(8-20)9-21-16(25)27-18(2,3)4/h5-8,11H,9-10H2,1-4H3,(H,21,25)/b13-8-. The molecule has 2 rings (SSSR count). The summed E-state index contributed by atoms with van der Waals surface area (Å²) in [7, 11) is 0. The van der Waals surface area contributed by atoms with Crippen LogP contribution in [-0.4, -0.2) is 32.6 Å². The highest BCUT2D eigenvalue weighted by Crippen LogP contribution is 2.18. The minimum Gasteiger partial charge on any atom is -0.444 e. The maximum atomic E-state index is 13.2. The highest BCUT2D eigenvalue weighted by Gasteiger charge is 2.16. The smallest absolute Gasteiger partial charge is 0.407 e. The number of nitrogens with one attached hydrogen (secondary N) is 1. The lowest BCUT2D eigenvalue weighted by atomic mass is 10.2. The van der Waals surface area contributed by atoms with Crippen molar-refractivity contribution in [1.29, 1.82) is 0 Å². The number of hydrogen-bond acceptors (Lipinski definition) is 4. The van der Waals surface area contributed by atoms with Crippen molar-refractivity contribution in [2.75, 3.05) is 6.54 Å². The number of nitrogens with zero attached hydrogens (tertiary/aromatic N) is 3. The van der Waals surface area contributed by atoms with E-state index in [4.69, 9.17) is 4.74 Å². The predicted octanol–water partition coefficient (Wildman–Crippen LogP) is 3.48. The number of rotatable bonds is 5. The molecule has 1 amide bonds. The number of aromatic nitrogens is 3. The van der Waals surface area contributed by atoms with Gasteiger partial charge < -0.3 is 10.1 Å². The van der Waals surface area contributed by atoms with E-state index < -0.39 is 17.4 Å². The van der Waals surface area contributed by atoms with Crippen molar-refractivity contribution in [3.8, 4) is 5.69 Å². The fraction of sp³-hybridized carbons (Fsp3) is 0.389. The third-order valence-corrected chi connectivity index (χ3v) is 4.41. The van der Waals surface area contributed by atoms with Crippen molar-refractivity contribution in [1.82, 2.24) is 19.7 Å². The summed E-state index contributed by atoms with van der Waals surface area (Å²) in [5, 5.41) is 6.48. The highest BCUT2D eigenvalue weighted by atomic mass is 79.9. The van der Waals surface area contributed by atoms with Crippen molar-refractivity contribution in [2.24, 2.45) is 0 Å². The molecule has 0 saturated carbocycles. The van der Waals surface area contributed by atoms with E-state index in [-0.39, 0.29) is 18.7 Å². The fourth-order valence-corrected chi connectivity index (χ4v) is 2.47. The SMILES string of the molecule is Cc1cc(-n2cnn(C/C(=C\F)CNC(=O)OC(C)(C)C)c2=O)ccc1Br. The third kappa shape index (κ3) is 5.78. The molecule has 146 valence electrons. The Bertz CT molecular complexity index is 912. The van der Waals surface area contributed by atoms with Gasteiger partial charge in [0, 0.05) is 11.0 Å². The minimum absolute atomic E-state index is 0.0896. The van der Waals surface area contributed by atoms with E-state index in [1.54, 1.807) is 26.8 Å². The van der Waals surface area contributed by atoms with E-state index in [1.807, 2.05) is 19.1 Å². The normalized spacial score (nSPS) is 12.1. The molecule has 7 nitrogen and oxygen atoms in total. The van der Waals surface area contributed by atoms with Crippen molar-refractivity contribution >= 4 is 22.0 Å². The summed E-state index contributed by atoms with van der Waals surface area (Å²) >= 11 is 3.41. The molecular formula is C18H22BrFN4O3. The van der Waals surface area contributed by atoms with Crippen LogP contribution < -0.4 is 11.0 Å². The van der Waals surface area contributed by atoms with Gasteiger partial charge in [0.1, 0.15) is 11.9 Å². The lowest BCUT2D eigenvalue weighted by molar-refractivity contribution is 0.0532. The molecule has 1 aromatic carbocycles. The van der Waals surface area contributed by atoms with Crippen LogP contribution in [-0.2, 0) is 11.3 Å². The predicted molar refractivity (Wildman–Crippen MR) is 104 cm³/mol. The van der Waals surface area contributed by atoms with E-state index >= 15 is 0 Å². The molecule has 1 aromatic heterocycles. The molecule has 1 N–H and O–H groups in total. The van der Waals surface area contributed by atoms with Crippen molar-refractivity contribution < 1.29 is 13.9 Å². The summed E-state index contributed by atoms with van der Waals surface area (Å²) < 4.78 is 21.7. The summed E-state index contributed by atoms with van der Waals surface area (Å²) in [6.07, 6.45) is 1.07. The number of ether oxygens (including phenoxy) is 1. The van der Waals surface area contributed by atoms with Gasteiger partial charge in [-0.2, -0.15) is 5.10 Å². The Labute approximate surface area is 165 Å². The van der Waals surface area contributed by atoms with Crippen LogP contribution in [0.2, 0.25) is 0 Å². The van der Waals surface area contributed by atoms with E-state index in [1.165, 1.54) is 10.9 Å². The number of amides is 1. The monoisotopic (exact) mass is 440 g/mol. The first-order valence-electron chi connectivity index (χ1n) is 8.26. The second-order valence-electron chi connectivity index (χ2n) is 7.00. The van der Waals surface area contributed by atoms with Crippen LogP contribution in [0.25, 0.3) is 5.69 Å². The zero-order chi connectivity index (χ0) is 20.2. The van der Waals surface area contributed by atoms with Crippen LogP contribution in [0.5, 0.6) is 0 Å². The summed E-state index contributed by atoms with van der Waals surface area (Å²) in [6, 6.07) is 5.46. The Balaban J connectivity index is 2.08. The Kier molecular flexibility index (Phi) is 6.59. The van der Waals surface area contributed by atoms with E-state index in [0.717, 1.165) is 14.7 Å². The largest absolute Gasteiger partial charge is 0.444 e. The molecular weight excluding hydrogens is 419 g/mol. The molecule has 0 spiro atoms. The van der Waals surface area contributed by atoms with Crippen LogP contribution in [0.1, 0.15) is 26.3 Å². The molecule has 0 atom stereocenters. The maximum absolute atomic E-state index is 13.2. The molecule has 9 heteroatoms. The first-order valence-corrected chi connectivity index (χ1v) is 9.06. The molecule has 0 aliphatic carbocycles. The first kappa shape index (κ1) is 20.9. The lowest BCUT2D eigenvalue weighted by Crippen LogP contribution is -2.34. The molecule has 0 saturated heterocycles. The van der Waals surface area contributed by atoms with Gasteiger partial charge in [0.2, 0.25) is 0 Å². The van der Waals surface area contributed by atoms with Crippen molar-refractivity contribution in [3.05, 3.63) is 56.9 Å². The van der Waals surface area contributed by atoms with Crippen molar-refractivity contribution in [3.63, 3.8) is 0 Å². The maximum Gasteiger partial charge on any atom is 0.407 e. The van der Waals surface area contributed by atoms with Crippen LogP contribution in [0.3, 0.4) is 0 Å². The molecule has 0 bridgehead atoms. The number of hydrogen-bond donors (Lipinski definition) is 1. The van der Waals surface area contributed by atoms with Crippen LogP contribution in [0.15, 0.2) is 45.7 Å². The average Bonchev–Trinajstić information content (AvgIpc) is 2.93. The van der Waals surface area contributed by atoms with E-state index in [2.05, 4.69) is 26.3 Å². The molecule has 0 radical (unpaired) electrons. The second-order valence-corrected chi connectivity index (χ2v) is 7.85. The fourth-order valence-electron chi connectivity index (χ4n) is 2.22. The molecule has 2 aromatic rings. The number of carbonyl (C=O) groups is 1. The average molecular weight is 441 g/mol. The van der Waals surface area contributed by atoms with E-state index in [9.17, 15) is 14.0 Å². The van der Waals surface area contributed by atoms with Gasteiger partial charge in [-0.1, -0.05) is 15.9 Å². The first-order chi connectivity index (χ1) is 12.6. The zero-order valence-corrected chi connectivity index (χ0v) is 17.2. The zero-order valence-electron chi connectivity index (χ0n) is 15.6. The quantitative estimate of drug-likeness (QED) is 0.771. The van der Waals surface area contributed by atoms with Gasteiger partial charge in [-0.25, -0.2) is 23.2 Å². The molecule has 0 aliphatic rings. The number of carbonyl (C=O) groups excluding carboxylic acids is 1. The van der Waals surface area contributed by atoms with Crippen LogP contribution in [0, 0.1) is 6.92 Å². The van der Waals surface area contributed by atoms with Gasteiger partial charge in [0.15, 0.2) is 0 Å². The Morgan fingerprint density at radius 2 is 2.11 bits per heavy atom. The lowest BCUT2D eigenvalue weighted by Gasteiger charge is -2.19. The minimum atomic E-state index is -0.662. The number of halogens is 2. The van der Waals surface area contributed by atoms with Gasteiger partial charge in [-0.3, -0.25) is 0 Å². The van der Waals surface area contributed by atoms with Gasteiger partial charge in [0.25, 0.3) is 0 Å². The highest BCUT2D eigenvalue weighted by molar-refractivity contribution is 9.10.